The van der Waals surface area contributed by atoms with Crippen molar-refractivity contribution in [2.24, 2.45) is 0 Å². The third-order valence-corrected chi connectivity index (χ3v) is 5.59. The molecule has 0 aliphatic carbocycles. The minimum atomic E-state index is -0.158. The van der Waals surface area contributed by atoms with Gasteiger partial charge in [-0.2, -0.15) is 15.3 Å². The zero-order valence-electron chi connectivity index (χ0n) is 17.5. The van der Waals surface area contributed by atoms with Crippen LogP contribution in [0.5, 0.6) is 0 Å². The second kappa shape index (κ2) is 7.12. The molecule has 0 aliphatic rings. The molecule has 0 fully saturated rings. The van der Waals surface area contributed by atoms with Gasteiger partial charge in [-0.15, -0.1) is 0 Å². The van der Waals surface area contributed by atoms with E-state index in [1.165, 1.54) is 6.33 Å². The van der Waals surface area contributed by atoms with Gasteiger partial charge < -0.3 is 5.73 Å². The van der Waals surface area contributed by atoms with E-state index in [0.29, 0.717) is 39.6 Å². The molecular formula is C22H18N10O. The summed E-state index contributed by atoms with van der Waals surface area (Å²) in [5.74, 6) is 0.807. The molecule has 0 saturated carbocycles. The smallest absolute Gasteiger partial charge is 0.282 e. The summed E-state index contributed by atoms with van der Waals surface area (Å²) in [6.45, 7) is 2.08. The van der Waals surface area contributed by atoms with Crippen LogP contribution in [0.3, 0.4) is 0 Å². The van der Waals surface area contributed by atoms with E-state index in [2.05, 4.69) is 20.2 Å². The van der Waals surface area contributed by atoms with Crippen molar-refractivity contribution in [1.29, 1.82) is 0 Å². The molecule has 0 bridgehead atoms. The molecule has 1 aromatic carbocycles. The Kier molecular flexibility index (Phi) is 4.09. The average Bonchev–Trinajstić information content (AvgIpc) is 3.55. The number of hydrogen-bond donors (Lipinski definition) is 2. The highest BCUT2D eigenvalue weighted by Gasteiger charge is 2.21. The summed E-state index contributed by atoms with van der Waals surface area (Å²) in [6.07, 6.45) is 6.56. The molecular weight excluding hydrogens is 420 g/mol. The fourth-order valence-electron chi connectivity index (χ4n) is 4.06. The second-order valence-corrected chi connectivity index (χ2v) is 7.64. The van der Waals surface area contributed by atoms with Gasteiger partial charge in [-0.1, -0.05) is 18.2 Å². The van der Waals surface area contributed by atoms with Crippen molar-refractivity contribution in [1.82, 2.24) is 44.1 Å². The SMILES string of the molecule is Cc1ccn2nc(Cn3nc(-c4cn[nH]c4)c4c(N)ncnc43)n(-c3ccccc3)c(=O)c12. The molecule has 0 amide bonds. The summed E-state index contributed by atoms with van der Waals surface area (Å²) in [7, 11) is 0. The molecule has 162 valence electrons. The largest absolute Gasteiger partial charge is 0.383 e. The van der Waals surface area contributed by atoms with Crippen LogP contribution in [0.25, 0.3) is 33.5 Å². The van der Waals surface area contributed by atoms with Crippen molar-refractivity contribution < 1.29 is 0 Å². The molecule has 0 unspecified atom stereocenters. The van der Waals surface area contributed by atoms with Crippen molar-refractivity contribution in [3.05, 3.63) is 83.1 Å². The maximum atomic E-state index is 13.5. The molecule has 0 atom stereocenters. The van der Waals surface area contributed by atoms with Crippen molar-refractivity contribution >= 4 is 22.4 Å². The number of hydrogen-bond acceptors (Lipinski definition) is 7. The highest BCUT2D eigenvalue weighted by molar-refractivity contribution is 5.98. The summed E-state index contributed by atoms with van der Waals surface area (Å²) < 4.78 is 4.90. The molecule has 6 rings (SSSR count). The Bertz CT molecular complexity index is 1680. The van der Waals surface area contributed by atoms with Crippen LogP contribution in [-0.2, 0) is 6.54 Å². The van der Waals surface area contributed by atoms with Crippen LogP contribution < -0.4 is 11.3 Å². The van der Waals surface area contributed by atoms with Crippen LogP contribution in [0.15, 0.2) is 66.1 Å². The lowest BCUT2D eigenvalue weighted by atomic mass is 10.2. The third-order valence-electron chi connectivity index (χ3n) is 5.59. The number of para-hydroxylation sites is 1. The Hall–Kier alpha value is -4.80. The van der Waals surface area contributed by atoms with Gasteiger partial charge in [-0.05, 0) is 30.7 Å². The van der Waals surface area contributed by atoms with Crippen LogP contribution in [0.4, 0.5) is 5.82 Å². The van der Waals surface area contributed by atoms with Gasteiger partial charge in [0.15, 0.2) is 11.5 Å². The molecule has 11 nitrogen and oxygen atoms in total. The number of anilines is 1. The number of nitrogen functional groups attached to an aromatic ring is 1. The first kappa shape index (κ1) is 18.9. The number of nitrogens with two attached hydrogens (primary N) is 1. The van der Waals surface area contributed by atoms with Crippen LogP contribution in [0, 0.1) is 6.92 Å². The average molecular weight is 438 g/mol. The molecule has 3 N–H and O–H groups in total. The lowest BCUT2D eigenvalue weighted by Crippen LogP contribution is -2.28. The molecule has 6 aromatic rings. The number of fused-ring (bicyclic) bond motifs is 2. The van der Waals surface area contributed by atoms with Crippen LogP contribution >= 0.6 is 0 Å². The molecule has 5 aromatic heterocycles. The van der Waals surface area contributed by atoms with Gasteiger partial charge >= 0.3 is 0 Å². The first-order valence-corrected chi connectivity index (χ1v) is 10.2. The van der Waals surface area contributed by atoms with Crippen molar-refractivity contribution in [3.63, 3.8) is 0 Å². The van der Waals surface area contributed by atoms with E-state index in [4.69, 9.17) is 15.9 Å². The molecule has 11 heteroatoms. The number of nitrogens with one attached hydrogen (secondary N) is 1. The van der Waals surface area contributed by atoms with Crippen LogP contribution in [-0.4, -0.2) is 44.1 Å². The van der Waals surface area contributed by atoms with E-state index in [9.17, 15) is 4.79 Å². The van der Waals surface area contributed by atoms with Gasteiger partial charge in [-0.3, -0.25) is 14.5 Å². The van der Waals surface area contributed by atoms with Crippen molar-refractivity contribution in [2.45, 2.75) is 13.5 Å². The lowest BCUT2D eigenvalue weighted by Gasteiger charge is -2.13. The standard InChI is InChI=1S/C22H18N10O/c1-13-7-8-30-19(13)22(33)32(15-5-3-2-4-6-15)16(28-30)11-31-21-17(20(23)24-12-25-21)18(29-31)14-9-26-27-10-14/h2-10,12H,11H2,1H3,(H,26,27)(H2,23,24,25). The zero-order chi connectivity index (χ0) is 22.5. The number of H-pyrrole nitrogens is 1. The lowest BCUT2D eigenvalue weighted by molar-refractivity contribution is 0.623. The quantitative estimate of drug-likeness (QED) is 0.429. The molecule has 0 spiro atoms. The number of benzene rings is 1. The Morgan fingerprint density at radius 3 is 2.73 bits per heavy atom. The molecule has 0 aliphatic heterocycles. The molecule has 5 heterocycles. The second-order valence-electron chi connectivity index (χ2n) is 7.64. The summed E-state index contributed by atoms with van der Waals surface area (Å²) in [5.41, 5.74) is 10.0. The summed E-state index contributed by atoms with van der Waals surface area (Å²) in [5, 5.41) is 16.9. The minimum absolute atomic E-state index is 0.158. The Balaban J connectivity index is 1.61. The number of aromatic nitrogens is 9. The fourth-order valence-corrected chi connectivity index (χ4v) is 4.06. The Morgan fingerprint density at radius 1 is 1.09 bits per heavy atom. The van der Waals surface area contributed by atoms with Gasteiger partial charge in [0.05, 0.1) is 17.3 Å². The molecule has 0 radical (unpaired) electrons. The monoisotopic (exact) mass is 438 g/mol. The number of aromatic amines is 1. The van der Waals surface area contributed by atoms with Gasteiger partial charge in [0.2, 0.25) is 0 Å². The predicted octanol–water partition coefficient (Wildman–Crippen LogP) is 1.95. The Morgan fingerprint density at radius 2 is 1.94 bits per heavy atom. The first-order chi connectivity index (χ1) is 16.1. The number of aryl methyl sites for hydroxylation is 1. The van der Waals surface area contributed by atoms with E-state index in [1.807, 2.05) is 43.3 Å². The van der Waals surface area contributed by atoms with E-state index in [0.717, 1.165) is 11.1 Å². The Labute approximate surface area is 186 Å². The van der Waals surface area contributed by atoms with Gasteiger partial charge in [0.25, 0.3) is 5.56 Å². The summed E-state index contributed by atoms with van der Waals surface area (Å²) in [4.78, 5) is 22.1. The molecule has 33 heavy (non-hydrogen) atoms. The highest BCUT2D eigenvalue weighted by atomic mass is 16.1. The zero-order valence-corrected chi connectivity index (χ0v) is 17.5. The van der Waals surface area contributed by atoms with Gasteiger partial charge in [0.1, 0.15) is 29.9 Å². The molecule has 0 saturated heterocycles. The van der Waals surface area contributed by atoms with E-state index < -0.39 is 0 Å². The van der Waals surface area contributed by atoms with Crippen LogP contribution in [0.1, 0.15) is 11.4 Å². The van der Waals surface area contributed by atoms with Gasteiger partial charge in [0, 0.05) is 18.0 Å². The topological polar surface area (TPSA) is 138 Å². The maximum Gasteiger partial charge on any atom is 0.282 e. The normalized spacial score (nSPS) is 11.5. The summed E-state index contributed by atoms with van der Waals surface area (Å²) >= 11 is 0. The maximum absolute atomic E-state index is 13.5. The number of nitrogens with zero attached hydrogens (tertiary/aromatic N) is 8. The third kappa shape index (κ3) is 2.90. The number of rotatable bonds is 4. The minimum Gasteiger partial charge on any atom is -0.383 e. The van der Waals surface area contributed by atoms with Crippen molar-refractivity contribution in [3.8, 4) is 16.9 Å². The van der Waals surface area contributed by atoms with E-state index in [-0.39, 0.29) is 12.1 Å². The van der Waals surface area contributed by atoms with Gasteiger partial charge in [-0.25, -0.2) is 19.2 Å². The highest BCUT2D eigenvalue weighted by Crippen LogP contribution is 2.29. The van der Waals surface area contributed by atoms with Crippen molar-refractivity contribution in [2.75, 3.05) is 5.73 Å². The summed E-state index contributed by atoms with van der Waals surface area (Å²) in [6, 6.07) is 11.3. The predicted molar refractivity (Wildman–Crippen MR) is 122 cm³/mol. The first-order valence-electron chi connectivity index (χ1n) is 10.2. The van der Waals surface area contributed by atoms with Crippen LogP contribution in [0.2, 0.25) is 0 Å². The van der Waals surface area contributed by atoms with E-state index >= 15 is 0 Å². The van der Waals surface area contributed by atoms with E-state index in [1.54, 1.807) is 32.4 Å². The fraction of sp³-hybridized carbons (Fsp3) is 0.0909.